The summed E-state index contributed by atoms with van der Waals surface area (Å²) in [6, 6.07) is 8.16. The molecule has 0 fully saturated rings. The highest BCUT2D eigenvalue weighted by Gasteiger charge is 2.24. The summed E-state index contributed by atoms with van der Waals surface area (Å²) >= 11 is 0. The second-order valence-corrected chi connectivity index (χ2v) is 7.32. The number of para-hydroxylation sites is 1. The van der Waals surface area contributed by atoms with Crippen LogP contribution in [0.5, 0.6) is 5.75 Å². The van der Waals surface area contributed by atoms with Crippen LogP contribution in [-0.2, 0) is 0 Å². The second-order valence-electron chi connectivity index (χ2n) is 3.58. The van der Waals surface area contributed by atoms with Gasteiger partial charge in [-0.1, -0.05) is 30.0 Å². The maximum Gasteiger partial charge on any atom is 0.269 e. The van der Waals surface area contributed by atoms with Gasteiger partial charge < -0.3 is 4.43 Å². The normalized spacial score (nSPS) is 18.2. The topological polar surface area (TPSA) is 9.23 Å². The molecule has 0 aromatic heterocycles. The first-order valence-corrected chi connectivity index (χ1v) is 7.13. The van der Waals surface area contributed by atoms with Crippen LogP contribution in [0.15, 0.2) is 30.0 Å². The van der Waals surface area contributed by atoms with Gasteiger partial charge in [0.05, 0.1) is 0 Å². The zero-order valence-corrected chi connectivity index (χ0v) is 8.37. The molecule has 0 amide bonds. The van der Waals surface area contributed by atoms with Crippen LogP contribution in [0.1, 0.15) is 5.56 Å². The molecule has 0 aliphatic carbocycles. The molecule has 2 rings (SSSR count). The summed E-state index contributed by atoms with van der Waals surface area (Å²) in [5, 5.41) is 0. The lowest BCUT2D eigenvalue weighted by Gasteiger charge is -2.25. The smallest absolute Gasteiger partial charge is 0.269 e. The SMILES string of the molecule is C[Si]1(C)C=Cc2ccccc2O1. The van der Waals surface area contributed by atoms with Gasteiger partial charge in [-0.15, -0.1) is 0 Å². The lowest BCUT2D eigenvalue weighted by atomic mass is 10.2. The number of hydrogen-bond acceptors (Lipinski definition) is 1. The molecule has 62 valence electrons. The monoisotopic (exact) mass is 176 g/mol. The van der Waals surface area contributed by atoms with Crippen molar-refractivity contribution in [2.75, 3.05) is 0 Å². The molecule has 1 nitrogen and oxygen atoms in total. The van der Waals surface area contributed by atoms with E-state index in [4.69, 9.17) is 4.43 Å². The van der Waals surface area contributed by atoms with E-state index in [0.717, 1.165) is 5.75 Å². The van der Waals surface area contributed by atoms with Crippen LogP contribution in [0.4, 0.5) is 0 Å². The fourth-order valence-electron chi connectivity index (χ4n) is 1.32. The summed E-state index contributed by atoms with van der Waals surface area (Å²) in [6.45, 7) is 4.39. The molecular formula is C10H12OSi. The van der Waals surface area contributed by atoms with Crippen molar-refractivity contribution < 1.29 is 4.43 Å². The minimum atomic E-state index is -1.52. The first kappa shape index (κ1) is 7.62. The lowest BCUT2D eigenvalue weighted by molar-refractivity contribution is 0.559. The molecule has 1 aliphatic rings. The summed E-state index contributed by atoms with van der Waals surface area (Å²) < 4.78 is 5.87. The molecule has 0 saturated carbocycles. The molecule has 0 bridgehead atoms. The maximum absolute atomic E-state index is 5.87. The van der Waals surface area contributed by atoms with Crippen LogP contribution < -0.4 is 4.43 Å². The fourth-order valence-corrected chi connectivity index (χ4v) is 2.72. The molecule has 1 heterocycles. The van der Waals surface area contributed by atoms with E-state index < -0.39 is 8.32 Å². The fraction of sp³-hybridized carbons (Fsp3) is 0.200. The van der Waals surface area contributed by atoms with Crippen molar-refractivity contribution in [2.24, 2.45) is 0 Å². The third-order valence-corrected chi connectivity index (χ3v) is 3.67. The van der Waals surface area contributed by atoms with Gasteiger partial charge in [0, 0.05) is 5.56 Å². The van der Waals surface area contributed by atoms with Crippen LogP contribution in [-0.4, -0.2) is 8.32 Å². The van der Waals surface area contributed by atoms with Crippen molar-refractivity contribution in [3.05, 3.63) is 35.5 Å². The Morgan fingerprint density at radius 1 is 1.17 bits per heavy atom. The van der Waals surface area contributed by atoms with Crippen molar-refractivity contribution in [1.29, 1.82) is 0 Å². The number of benzene rings is 1. The maximum atomic E-state index is 5.87. The Labute approximate surface area is 73.8 Å². The van der Waals surface area contributed by atoms with Gasteiger partial charge in [0.15, 0.2) is 0 Å². The summed E-state index contributed by atoms with van der Waals surface area (Å²) in [7, 11) is -1.52. The lowest BCUT2D eigenvalue weighted by Crippen LogP contribution is -2.33. The van der Waals surface area contributed by atoms with Crippen LogP contribution in [0.2, 0.25) is 13.1 Å². The van der Waals surface area contributed by atoms with Gasteiger partial charge in [-0.05, 0) is 19.2 Å². The Morgan fingerprint density at radius 3 is 2.75 bits per heavy atom. The molecule has 1 aromatic rings. The molecule has 0 spiro atoms. The molecule has 12 heavy (non-hydrogen) atoms. The summed E-state index contributed by atoms with van der Waals surface area (Å²) in [6.07, 6.45) is 2.17. The van der Waals surface area contributed by atoms with Crippen molar-refractivity contribution in [3.63, 3.8) is 0 Å². The van der Waals surface area contributed by atoms with Crippen LogP contribution in [0.25, 0.3) is 6.08 Å². The van der Waals surface area contributed by atoms with Crippen LogP contribution in [0, 0.1) is 0 Å². The standard InChI is InChI=1S/C10H12OSi/c1-12(2)8-7-9-5-3-4-6-10(9)11-12/h3-8H,1-2H3. The molecular weight excluding hydrogens is 164 g/mol. The zero-order chi connectivity index (χ0) is 8.60. The highest BCUT2D eigenvalue weighted by atomic mass is 28.4. The van der Waals surface area contributed by atoms with Crippen molar-refractivity contribution in [1.82, 2.24) is 0 Å². The minimum absolute atomic E-state index is 1.04. The molecule has 0 radical (unpaired) electrons. The van der Waals surface area contributed by atoms with Gasteiger partial charge in [0.2, 0.25) is 0 Å². The first-order valence-electron chi connectivity index (χ1n) is 4.15. The zero-order valence-electron chi connectivity index (χ0n) is 7.37. The Morgan fingerprint density at radius 2 is 1.92 bits per heavy atom. The van der Waals surface area contributed by atoms with Crippen molar-refractivity contribution in [3.8, 4) is 5.75 Å². The largest absolute Gasteiger partial charge is 0.540 e. The Bertz CT molecular complexity index is 328. The van der Waals surface area contributed by atoms with Gasteiger partial charge >= 0.3 is 0 Å². The Kier molecular flexibility index (Phi) is 1.58. The number of fused-ring (bicyclic) bond motifs is 1. The third-order valence-electron chi connectivity index (χ3n) is 1.96. The van der Waals surface area contributed by atoms with E-state index in [1.165, 1.54) is 5.56 Å². The summed E-state index contributed by atoms with van der Waals surface area (Å²) in [4.78, 5) is 0. The summed E-state index contributed by atoms with van der Waals surface area (Å²) in [5.41, 5.74) is 3.42. The molecule has 0 N–H and O–H groups in total. The van der Waals surface area contributed by atoms with Gasteiger partial charge in [-0.3, -0.25) is 0 Å². The van der Waals surface area contributed by atoms with E-state index in [0.29, 0.717) is 0 Å². The van der Waals surface area contributed by atoms with Crippen molar-refractivity contribution in [2.45, 2.75) is 13.1 Å². The van der Waals surface area contributed by atoms with E-state index >= 15 is 0 Å². The van der Waals surface area contributed by atoms with E-state index in [2.05, 4.69) is 30.9 Å². The molecule has 0 atom stereocenters. The van der Waals surface area contributed by atoms with Crippen LogP contribution >= 0.6 is 0 Å². The molecule has 0 unspecified atom stereocenters. The second kappa shape index (κ2) is 2.49. The average Bonchev–Trinajstić information content (AvgIpc) is 2.02. The average molecular weight is 176 g/mol. The quantitative estimate of drug-likeness (QED) is 0.552. The predicted octanol–water partition coefficient (Wildman–Crippen LogP) is 2.84. The number of hydrogen-bond donors (Lipinski definition) is 0. The van der Waals surface area contributed by atoms with Gasteiger partial charge in [-0.25, -0.2) is 0 Å². The highest BCUT2D eigenvalue weighted by Crippen LogP contribution is 2.27. The van der Waals surface area contributed by atoms with E-state index in [1.807, 2.05) is 18.2 Å². The molecule has 1 aliphatic heterocycles. The highest BCUT2D eigenvalue weighted by molar-refractivity contribution is 6.77. The van der Waals surface area contributed by atoms with E-state index in [1.54, 1.807) is 0 Å². The minimum Gasteiger partial charge on any atom is -0.540 e. The first-order chi connectivity index (χ1) is 5.67. The van der Waals surface area contributed by atoms with Crippen molar-refractivity contribution >= 4 is 14.4 Å². The van der Waals surface area contributed by atoms with E-state index in [-0.39, 0.29) is 0 Å². The van der Waals surface area contributed by atoms with E-state index in [9.17, 15) is 0 Å². The summed E-state index contributed by atoms with van der Waals surface area (Å²) in [5.74, 6) is 1.04. The van der Waals surface area contributed by atoms with Gasteiger partial charge in [0.25, 0.3) is 8.32 Å². The Hall–Kier alpha value is -1.02. The predicted molar refractivity (Wildman–Crippen MR) is 53.6 cm³/mol. The van der Waals surface area contributed by atoms with Crippen LogP contribution in [0.3, 0.4) is 0 Å². The third kappa shape index (κ3) is 1.30. The molecule has 2 heteroatoms. The van der Waals surface area contributed by atoms with Gasteiger partial charge in [0.1, 0.15) is 5.75 Å². The molecule has 1 aromatic carbocycles. The number of rotatable bonds is 0. The molecule has 0 saturated heterocycles. The Balaban J connectivity index is 2.46. The van der Waals surface area contributed by atoms with Gasteiger partial charge in [-0.2, -0.15) is 0 Å².